The van der Waals surface area contributed by atoms with Crippen molar-refractivity contribution in [3.8, 4) is 0 Å². The molecule has 52 valence electrons. The van der Waals surface area contributed by atoms with Crippen LogP contribution in [0.15, 0.2) is 0 Å². The molecule has 2 bridgehead atoms. The van der Waals surface area contributed by atoms with Gasteiger partial charge in [-0.1, -0.05) is 0 Å². The van der Waals surface area contributed by atoms with Gasteiger partial charge in [0, 0.05) is 13.0 Å². The molecule has 0 spiro atoms. The molecule has 0 amide bonds. The zero-order chi connectivity index (χ0) is 6.32. The molecule has 0 aromatic rings. The SMILES string of the molecule is [O-][N+]12CCNC(CC1)C2. The third kappa shape index (κ3) is 0.852. The number of quaternary nitrogens is 1. The third-order valence-corrected chi connectivity index (χ3v) is 2.39. The maximum absolute atomic E-state index is 11.4. The normalized spacial score (nSPS) is 49.7. The van der Waals surface area contributed by atoms with Crippen LogP contribution in [0, 0.1) is 5.21 Å². The smallest absolute Gasteiger partial charge is 0.0942 e. The highest BCUT2D eigenvalue weighted by Crippen LogP contribution is 2.20. The number of fused-ring (bicyclic) bond motifs is 2. The molecule has 2 atom stereocenters. The highest BCUT2D eigenvalue weighted by atomic mass is 16.5. The van der Waals surface area contributed by atoms with E-state index in [-0.39, 0.29) is 4.65 Å². The first-order chi connectivity index (χ1) is 4.29. The third-order valence-electron chi connectivity index (χ3n) is 2.39. The molecule has 2 rings (SSSR count). The zero-order valence-corrected chi connectivity index (χ0v) is 5.47. The summed E-state index contributed by atoms with van der Waals surface area (Å²) in [4.78, 5) is 0. The number of hydrogen-bond donors (Lipinski definition) is 1. The van der Waals surface area contributed by atoms with Gasteiger partial charge in [0.05, 0.1) is 25.7 Å². The second-order valence-electron chi connectivity index (χ2n) is 3.13. The van der Waals surface area contributed by atoms with Gasteiger partial charge in [0.25, 0.3) is 0 Å². The molecule has 2 fully saturated rings. The van der Waals surface area contributed by atoms with E-state index in [4.69, 9.17) is 0 Å². The average Bonchev–Trinajstić information content (AvgIpc) is 2.07. The van der Waals surface area contributed by atoms with Crippen molar-refractivity contribution in [2.75, 3.05) is 26.2 Å². The lowest BCUT2D eigenvalue weighted by Crippen LogP contribution is -2.52. The quantitative estimate of drug-likeness (QED) is 0.358. The minimum Gasteiger partial charge on any atom is -0.633 e. The van der Waals surface area contributed by atoms with Crippen molar-refractivity contribution < 1.29 is 4.65 Å². The van der Waals surface area contributed by atoms with Crippen molar-refractivity contribution >= 4 is 0 Å². The monoisotopic (exact) mass is 128 g/mol. The number of nitrogens with zero attached hydrogens (tertiary/aromatic N) is 1. The molecule has 1 N–H and O–H groups in total. The molecule has 9 heavy (non-hydrogen) atoms. The predicted molar refractivity (Wildman–Crippen MR) is 34.6 cm³/mol. The highest BCUT2D eigenvalue weighted by molar-refractivity contribution is 4.77. The molecule has 2 aliphatic rings. The molecule has 2 heterocycles. The number of rotatable bonds is 0. The lowest BCUT2D eigenvalue weighted by Gasteiger charge is -2.41. The van der Waals surface area contributed by atoms with Crippen molar-refractivity contribution in [1.29, 1.82) is 0 Å². The predicted octanol–water partition coefficient (Wildman–Crippen LogP) is -0.324. The van der Waals surface area contributed by atoms with E-state index in [2.05, 4.69) is 5.32 Å². The second kappa shape index (κ2) is 1.68. The standard InChI is InChI=1S/C6H12N2O/c9-8-3-1-6(5-8)7-2-4-8/h6-7H,1-5H2. The Kier molecular flexibility index (Phi) is 1.06. The molecule has 3 heteroatoms. The number of hydroxylamine groups is 3. The Morgan fingerprint density at radius 2 is 2.33 bits per heavy atom. The fourth-order valence-electron chi connectivity index (χ4n) is 1.82. The van der Waals surface area contributed by atoms with Gasteiger partial charge in [0.2, 0.25) is 0 Å². The molecule has 2 aliphatic heterocycles. The van der Waals surface area contributed by atoms with E-state index in [0.29, 0.717) is 6.04 Å². The van der Waals surface area contributed by atoms with Crippen LogP contribution in [0.2, 0.25) is 0 Å². The minimum absolute atomic E-state index is 0.0810. The van der Waals surface area contributed by atoms with Gasteiger partial charge in [-0.3, -0.25) is 0 Å². The first kappa shape index (κ1) is 5.65. The van der Waals surface area contributed by atoms with E-state index in [9.17, 15) is 5.21 Å². The highest BCUT2D eigenvalue weighted by Gasteiger charge is 2.34. The fourth-order valence-corrected chi connectivity index (χ4v) is 1.82. The summed E-state index contributed by atoms with van der Waals surface area (Å²) >= 11 is 0. The van der Waals surface area contributed by atoms with Crippen molar-refractivity contribution in [2.24, 2.45) is 0 Å². The van der Waals surface area contributed by atoms with Gasteiger partial charge in [-0.2, -0.15) is 0 Å². The molecule has 3 nitrogen and oxygen atoms in total. The van der Waals surface area contributed by atoms with Crippen LogP contribution in [-0.2, 0) is 0 Å². The minimum atomic E-state index is 0.0810. The number of hydrogen-bond acceptors (Lipinski definition) is 2. The van der Waals surface area contributed by atoms with E-state index >= 15 is 0 Å². The molecular weight excluding hydrogens is 116 g/mol. The second-order valence-corrected chi connectivity index (χ2v) is 3.13. The molecular formula is C6H12N2O. The summed E-state index contributed by atoms with van der Waals surface area (Å²) in [5.41, 5.74) is 0. The van der Waals surface area contributed by atoms with Crippen molar-refractivity contribution in [1.82, 2.24) is 5.32 Å². The summed E-state index contributed by atoms with van der Waals surface area (Å²) < 4.78 is 0.0810. The number of nitrogens with one attached hydrogen (secondary N) is 1. The summed E-state index contributed by atoms with van der Waals surface area (Å²) in [6.45, 7) is 3.38. The van der Waals surface area contributed by atoms with Crippen LogP contribution in [-0.4, -0.2) is 36.9 Å². The van der Waals surface area contributed by atoms with Crippen LogP contribution in [0.3, 0.4) is 0 Å². The van der Waals surface area contributed by atoms with E-state index in [1.165, 1.54) is 0 Å². The Hall–Kier alpha value is -0.120. The Labute approximate surface area is 54.8 Å². The van der Waals surface area contributed by atoms with Crippen LogP contribution in [0.25, 0.3) is 0 Å². The van der Waals surface area contributed by atoms with Gasteiger partial charge >= 0.3 is 0 Å². The Bertz CT molecular complexity index is 124. The fraction of sp³-hybridized carbons (Fsp3) is 1.00. The molecule has 0 saturated carbocycles. The summed E-state index contributed by atoms with van der Waals surface area (Å²) in [6.07, 6.45) is 1.09. The molecule has 2 saturated heterocycles. The van der Waals surface area contributed by atoms with Crippen LogP contribution < -0.4 is 5.32 Å². The summed E-state index contributed by atoms with van der Waals surface area (Å²) in [7, 11) is 0. The topological polar surface area (TPSA) is 35.1 Å². The van der Waals surface area contributed by atoms with Crippen molar-refractivity contribution in [3.63, 3.8) is 0 Å². The maximum atomic E-state index is 11.4. The van der Waals surface area contributed by atoms with E-state index in [0.717, 1.165) is 32.6 Å². The van der Waals surface area contributed by atoms with E-state index in [1.807, 2.05) is 0 Å². The van der Waals surface area contributed by atoms with Gasteiger partial charge in [0.1, 0.15) is 0 Å². The Balaban J connectivity index is 2.13. The average molecular weight is 128 g/mol. The van der Waals surface area contributed by atoms with Crippen molar-refractivity contribution in [3.05, 3.63) is 5.21 Å². The molecule has 0 aromatic heterocycles. The first-order valence-electron chi connectivity index (χ1n) is 3.59. The molecule has 0 aromatic carbocycles. The van der Waals surface area contributed by atoms with Gasteiger partial charge < -0.3 is 15.2 Å². The van der Waals surface area contributed by atoms with Gasteiger partial charge in [-0.05, 0) is 0 Å². The van der Waals surface area contributed by atoms with Crippen molar-refractivity contribution in [2.45, 2.75) is 12.5 Å². The van der Waals surface area contributed by atoms with E-state index in [1.54, 1.807) is 0 Å². The summed E-state index contributed by atoms with van der Waals surface area (Å²) in [5, 5.41) is 14.8. The van der Waals surface area contributed by atoms with E-state index < -0.39 is 0 Å². The molecule has 2 unspecified atom stereocenters. The van der Waals surface area contributed by atoms with Crippen LogP contribution in [0.4, 0.5) is 0 Å². The Morgan fingerprint density at radius 3 is 3.00 bits per heavy atom. The van der Waals surface area contributed by atoms with Gasteiger partial charge in [0.15, 0.2) is 0 Å². The number of piperazine rings is 1. The molecule has 0 radical (unpaired) electrons. The largest absolute Gasteiger partial charge is 0.633 e. The first-order valence-corrected chi connectivity index (χ1v) is 3.59. The van der Waals surface area contributed by atoms with Gasteiger partial charge in [-0.15, -0.1) is 0 Å². The van der Waals surface area contributed by atoms with Crippen LogP contribution in [0.5, 0.6) is 0 Å². The van der Waals surface area contributed by atoms with Crippen LogP contribution in [0.1, 0.15) is 6.42 Å². The van der Waals surface area contributed by atoms with Gasteiger partial charge in [-0.25, -0.2) is 0 Å². The zero-order valence-electron chi connectivity index (χ0n) is 5.47. The molecule has 0 aliphatic carbocycles. The lowest BCUT2D eigenvalue weighted by atomic mass is 10.2. The summed E-state index contributed by atoms with van der Waals surface area (Å²) in [6, 6.07) is 0.538. The maximum Gasteiger partial charge on any atom is 0.0942 e. The summed E-state index contributed by atoms with van der Waals surface area (Å²) in [5.74, 6) is 0. The van der Waals surface area contributed by atoms with Crippen LogP contribution >= 0.6 is 0 Å². The Morgan fingerprint density at radius 1 is 1.44 bits per heavy atom. The lowest BCUT2D eigenvalue weighted by molar-refractivity contribution is -0.870.